The molecule has 0 aromatic rings. The van der Waals surface area contributed by atoms with Gasteiger partial charge < -0.3 is 4.74 Å². The molecule has 0 aromatic carbocycles. The molecule has 2 fully saturated rings. The molecule has 0 aliphatic heterocycles. The zero-order chi connectivity index (χ0) is 18.8. The van der Waals surface area contributed by atoms with Crippen LogP contribution in [0.4, 0.5) is 0 Å². The van der Waals surface area contributed by atoms with Crippen molar-refractivity contribution in [2.24, 2.45) is 17.3 Å². The van der Waals surface area contributed by atoms with Crippen LogP contribution in [0, 0.1) is 28.6 Å². The Labute approximate surface area is 160 Å². The molecule has 0 atom stereocenters. The third-order valence-electron chi connectivity index (χ3n) is 6.80. The predicted molar refractivity (Wildman–Crippen MR) is 106 cm³/mol. The highest BCUT2D eigenvalue weighted by molar-refractivity contribution is 5.72. The summed E-state index contributed by atoms with van der Waals surface area (Å²) in [5.74, 6) is 0.986. The Bertz CT molecular complexity index is 451. The van der Waals surface area contributed by atoms with Crippen molar-refractivity contribution in [3.63, 3.8) is 0 Å². The number of esters is 1. The van der Waals surface area contributed by atoms with E-state index in [4.69, 9.17) is 4.74 Å². The fourth-order valence-electron chi connectivity index (χ4n) is 4.93. The predicted octanol–water partition coefficient (Wildman–Crippen LogP) is 6.56. The van der Waals surface area contributed by atoms with Crippen LogP contribution in [-0.4, -0.2) is 12.1 Å². The summed E-state index contributed by atoms with van der Waals surface area (Å²) < 4.78 is 5.86. The first-order valence-corrected chi connectivity index (χ1v) is 11.2. The molecule has 3 heteroatoms. The van der Waals surface area contributed by atoms with Gasteiger partial charge >= 0.3 is 5.97 Å². The van der Waals surface area contributed by atoms with Crippen LogP contribution in [0.3, 0.4) is 0 Å². The minimum atomic E-state index is -0.158. The summed E-state index contributed by atoms with van der Waals surface area (Å²) in [6, 6.07) is 2.61. The van der Waals surface area contributed by atoms with Crippen molar-refractivity contribution in [2.45, 2.75) is 116 Å². The Morgan fingerprint density at radius 1 is 1.00 bits per heavy atom. The maximum Gasteiger partial charge on any atom is 0.309 e. The number of carbonyl (C=O) groups is 1. The van der Waals surface area contributed by atoms with Gasteiger partial charge in [0.15, 0.2) is 0 Å². The zero-order valence-corrected chi connectivity index (χ0v) is 17.1. The molecule has 26 heavy (non-hydrogen) atoms. The highest BCUT2D eigenvalue weighted by Crippen LogP contribution is 2.41. The molecule has 0 saturated heterocycles. The molecule has 2 rings (SSSR count). The SMILES string of the molecule is CCCCCC[C@]1(C#N)CC[C@H](OC(=O)[C@H]2CC[C@H](CCC)CC2)CC1. The first-order chi connectivity index (χ1) is 12.6. The van der Waals surface area contributed by atoms with Gasteiger partial charge in [0.05, 0.1) is 17.4 Å². The summed E-state index contributed by atoms with van der Waals surface area (Å²) >= 11 is 0. The van der Waals surface area contributed by atoms with Crippen molar-refractivity contribution in [1.82, 2.24) is 0 Å². The smallest absolute Gasteiger partial charge is 0.309 e. The normalized spacial score (nSPS) is 32.0. The van der Waals surface area contributed by atoms with Gasteiger partial charge in [0.1, 0.15) is 6.10 Å². The second-order valence-electron chi connectivity index (χ2n) is 8.85. The highest BCUT2D eigenvalue weighted by Gasteiger charge is 2.37. The lowest BCUT2D eigenvalue weighted by Gasteiger charge is -2.35. The van der Waals surface area contributed by atoms with Crippen LogP contribution >= 0.6 is 0 Å². The molecule has 2 aliphatic rings. The molecule has 0 amide bonds. The minimum absolute atomic E-state index is 0.0392. The average Bonchev–Trinajstić information content (AvgIpc) is 2.67. The first-order valence-electron chi connectivity index (χ1n) is 11.2. The van der Waals surface area contributed by atoms with Crippen molar-refractivity contribution < 1.29 is 9.53 Å². The summed E-state index contributed by atoms with van der Waals surface area (Å²) in [6.45, 7) is 4.46. The van der Waals surface area contributed by atoms with Crippen molar-refractivity contribution in [3.8, 4) is 6.07 Å². The topological polar surface area (TPSA) is 50.1 Å². The molecule has 0 spiro atoms. The molecule has 0 bridgehead atoms. The van der Waals surface area contributed by atoms with E-state index in [-0.39, 0.29) is 23.4 Å². The summed E-state index contributed by atoms with van der Waals surface area (Å²) in [4.78, 5) is 12.5. The minimum Gasteiger partial charge on any atom is -0.462 e. The molecule has 3 nitrogen and oxygen atoms in total. The molecule has 0 N–H and O–H groups in total. The van der Waals surface area contributed by atoms with Gasteiger partial charge in [-0.15, -0.1) is 0 Å². The van der Waals surface area contributed by atoms with Gasteiger partial charge in [-0.05, 0) is 63.7 Å². The first kappa shape index (κ1) is 21.3. The maximum atomic E-state index is 12.5. The van der Waals surface area contributed by atoms with Crippen LogP contribution in [-0.2, 0) is 9.53 Å². The summed E-state index contributed by atoms with van der Waals surface area (Å²) in [5, 5.41) is 9.68. The average molecular weight is 362 g/mol. The Balaban J connectivity index is 1.70. The molecule has 0 heterocycles. The van der Waals surface area contributed by atoms with Crippen LogP contribution in [0.25, 0.3) is 0 Å². The van der Waals surface area contributed by atoms with Crippen LogP contribution in [0.15, 0.2) is 0 Å². The van der Waals surface area contributed by atoms with E-state index < -0.39 is 0 Å². The van der Waals surface area contributed by atoms with E-state index in [0.29, 0.717) is 0 Å². The lowest BCUT2D eigenvalue weighted by atomic mass is 9.71. The van der Waals surface area contributed by atoms with Crippen LogP contribution in [0.1, 0.15) is 110 Å². The molecule has 0 radical (unpaired) electrons. The van der Waals surface area contributed by atoms with Gasteiger partial charge in [-0.3, -0.25) is 4.79 Å². The highest BCUT2D eigenvalue weighted by atomic mass is 16.5. The van der Waals surface area contributed by atoms with Crippen LogP contribution in [0.5, 0.6) is 0 Å². The number of hydrogen-bond donors (Lipinski definition) is 0. The third-order valence-corrected chi connectivity index (χ3v) is 6.80. The molecule has 0 aromatic heterocycles. The Kier molecular flexibility index (Phi) is 8.96. The number of unbranched alkanes of at least 4 members (excludes halogenated alkanes) is 3. The van der Waals surface area contributed by atoms with Crippen molar-refractivity contribution in [1.29, 1.82) is 5.26 Å². The molecule has 148 valence electrons. The van der Waals surface area contributed by atoms with E-state index in [1.165, 1.54) is 44.9 Å². The molecular weight excluding hydrogens is 322 g/mol. The molecular formula is C23H39NO2. The number of nitriles is 1. The van der Waals surface area contributed by atoms with E-state index >= 15 is 0 Å². The lowest BCUT2D eigenvalue weighted by molar-refractivity contribution is -0.158. The van der Waals surface area contributed by atoms with Gasteiger partial charge in [-0.1, -0.05) is 52.4 Å². The van der Waals surface area contributed by atoms with Crippen LogP contribution < -0.4 is 0 Å². The Morgan fingerprint density at radius 3 is 2.27 bits per heavy atom. The third kappa shape index (κ3) is 6.29. The van der Waals surface area contributed by atoms with E-state index in [0.717, 1.165) is 57.3 Å². The molecule has 2 aliphatic carbocycles. The number of rotatable bonds is 9. The van der Waals surface area contributed by atoms with Gasteiger partial charge in [-0.25, -0.2) is 0 Å². The monoisotopic (exact) mass is 361 g/mol. The summed E-state index contributed by atoms with van der Waals surface area (Å²) in [7, 11) is 0. The number of ether oxygens (including phenoxy) is 1. The Hall–Kier alpha value is -1.04. The second kappa shape index (κ2) is 11.0. The van der Waals surface area contributed by atoms with Crippen molar-refractivity contribution in [2.75, 3.05) is 0 Å². The van der Waals surface area contributed by atoms with E-state index in [1.807, 2.05) is 0 Å². The molecule has 0 unspecified atom stereocenters. The van der Waals surface area contributed by atoms with Gasteiger partial charge in [0.25, 0.3) is 0 Å². The van der Waals surface area contributed by atoms with Gasteiger partial charge in [0.2, 0.25) is 0 Å². The maximum absolute atomic E-state index is 12.5. The number of carbonyl (C=O) groups excluding carboxylic acids is 1. The fourth-order valence-corrected chi connectivity index (χ4v) is 4.93. The lowest BCUT2D eigenvalue weighted by Crippen LogP contribution is -2.33. The van der Waals surface area contributed by atoms with Gasteiger partial charge in [-0.2, -0.15) is 5.26 Å². The number of nitrogens with zero attached hydrogens (tertiary/aromatic N) is 1. The van der Waals surface area contributed by atoms with Gasteiger partial charge in [0, 0.05) is 0 Å². The van der Waals surface area contributed by atoms with E-state index in [1.54, 1.807) is 0 Å². The Morgan fingerprint density at radius 2 is 1.69 bits per heavy atom. The zero-order valence-electron chi connectivity index (χ0n) is 17.1. The standard InChI is InChI=1S/C23H39NO2/c1-3-5-6-7-15-23(18-24)16-13-21(14-17-23)26-22(25)20-11-9-19(8-4-2)10-12-20/h19-21H,3-17H2,1-2H3/t19-,20-,21-,23-. The van der Waals surface area contributed by atoms with E-state index in [2.05, 4.69) is 19.9 Å². The largest absolute Gasteiger partial charge is 0.462 e. The summed E-state index contributed by atoms with van der Waals surface area (Å²) in [5.41, 5.74) is -0.158. The van der Waals surface area contributed by atoms with Crippen molar-refractivity contribution in [3.05, 3.63) is 0 Å². The summed E-state index contributed by atoms with van der Waals surface area (Å²) in [6.07, 6.45) is 16.5. The quantitative estimate of drug-likeness (QED) is 0.345. The van der Waals surface area contributed by atoms with Crippen LogP contribution in [0.2, 0.25) is 0 Å². The fraction of sp³-hybridized carbons (Fsp3) is 0.913. The second-order valence-corrected chi connectivity index (χ2v) is 8.85. The number of hydrogen-bond acceptors (Lipinski definition) is 3. The van der Waals surface area contributed by atoms with Crippen molar-refractivity contribution >= 4 is 5.97 Å². The molecule has 2 saturated carbocycles. The van der Waals surface area contributed by atoms with E-state index in [9.17, 15) is 10.1 Å².